The first-order valence-corrected chi connectivity index (χ1v) is 13.9. The molecule has 0 saturated carbocycles. The molecule has 3 saturated heterocycles. The van der Waals surface area contributed by atoms with E-state index in [1.165, 1.54) is 11.3 Å². The minimum atomic E-state index is -0.710. The van der Waals surface area contributed by atoms with E-state index in [-0.39, 0.29) is 35.6 Å². The SMILES string of the molecule is CC(C)(C)c1ccc(C2C(CN3CCC(C(=O)O)CC3)OC(=O)N2C2CCN(c3ccncc3)CC2)cc1. The van der Waals surface area contributed by atoms with Crippen molar-refractivity contribution in [2.75, 3.05) is 37.6 Å². The van der Waals surface area contributed by atoms with Gasteiger partial charge in [-0.3, -0.25) is 19.6 Å². The van der Waals surface area contributed by atoms with E-state index in [0.717, 1.165) is 31.5 Å². The van der Waals surface area contributed by atoms with Gasteiger partial charge in [-0.15, -0.1) is 0 Å². The van der Waals surface area contributed by atoms with Gasteiger partial charge in [-0.1, -0.05) is 45.0 Å². The monoisotopic (exact) mass is 520 g/mol. The van der Waals surface area contributed by atoms with Crippen molar-refractivity contribution in [1.29, 1.82) is 0 Å². The summed E-state index contributed by atoms with van der Waals surface area (Å²) in [6.45, 7) is 10.4. The number of cyclic esters (lactones) is 1. The molecular formula is C30H40N4O4. The van der Waals surface area contributed by atoms with Crippen molar-refractivity contribution in [2.24, 2.45) is 5.92 Å². The van der Waals surface area contributed by atoms with E-state index in [2.05, 4.69) is 59.8 Å². The molecule has 0 radical (unpaired) electrons. The molecular weight excluding hydrogens is 480 g/mol. The van der Waals surface area contributed by atoms with Crippen LogP contribution in [0.5, 0.6) is 0 Å². The molecule has 2 atom stereocenters. The molecule has 1 aromatic heterocycles. The number of carbonyl (C=O) groups excluding carboxylic acids is 1. The van der Waals surface area contributed by atoms with Crippen LogP contribution in [-0.2, 0) is 14.9 Å². The second-order valence-corrected chi connectivity index (χ2v) is 12.0. The summed E-state index contributed by atoms with van der Waals surface area (Å²) in [7, 11) is 0. The normalized spacial score (nSPS) is 24.0. The number of aromatic nitrogens is 1. The molecule has 0 aliphatic carbocycles. The van der Waals surface area contributed by atoms with Crippen molar-refractivity contribution in [3.8, 4) is 0 Å². The van der Waals surface area contributed by atoms with Crippen molar-refractivity contribution in [2.45, 2.75) is 70.1 Å². The summed E-state index contributed by atoms with van der Waals surface area (Å²) in [6, 6.07) is 12.7. The third kappa shape index (κ3) is 5.65. The Labute approximate surface area is 225 Å². The number of carboxylic acids is 1. The molecule has 2 aromatic rings. The summed E-state index contributed by atoms with van der Waals surface area (Å²) in [5, 5.41) is 9.38. The zero-order valence-electron chi connectivity index (χ0n) is 22.8. The van der Waals surface area contributed by atoms with Crippen molar-refractivity contribution in [3.63, 3.8) is 0 Å². The zero-order chi connectivity index (χ0) is 26.9. The lowest BCUT2D eigenvalue weighted by Crippen LogP contribution is -2.47. The van der Waals surface area contributed by atoms with Crippen LogP contribution >= 0.6 is 0 Å². The maximum atomic E-state index is 13.4. The smallest absolute Gasteiger partial charge is 0.411 e. The highest BCUT2D eigenvalue weighted by Crippen LogP contribution is 2.39. The first-order valence-electron chi connectivity index (χ1n) is 13.9. The molecule has 3 aliphatic rings. The van der Waals surface area contributed by atoms with Crippen molar-refractivity contribution >= 4 is 17.7 Å². The summed E-state index contributed by atoms with van der Waals surface area (Å²) in [5.74, 6) is -0.988. The highest BCUT2D eigenvalue weighted by Gasteiger charge is 2.47. The largest absolute Gasteiger partial charge is 0.481 e. The van der Waals surface area contributed by atoms with Crippen molar-refractivity contribution < 1.29 is 19.4 Å². The topological polar surface area (TPSA) is 86.2 Å². The third-order valence-electron chi connectivity index (χ3n) is 8.49. The number of aliphatic carboxylic acids is 1. The molecule has 204 valence electrons. The van der Waals surface area contributed by atoms with Crippen molar-refractivity contribution in [3.05, 3.63) is 59.9 Å². The number of rotatable bonds is 6. The molecule has 2 unspecified atom stereocenters. The second-order valence-electron chi connectivity index (χ2n) is 12.0. The van der Waals surface area contributed by atoms with Gasteiger partial charge >= 0.3 is 12.1 Å². The van der Waals surface area contributed by atoms with E-state index in [0.29, 0.717) is 32.5 Å². The molecule has 3 aliphatic heterocycles. The minimum absolute atomic E-state index is 0.0495. The number of hydrogen-bond donors (Lipinski definition) is 1. The molecule has 8 nitrogen and oxygen atoms in total. The maximum Gasteiger partial charge on any atom is 0.411 e. The van der Waals surface area contributed by atoms with E-state index in [1.54, 1.807) is 0 Å². The van der Waals surface area contributed by atoms with Crippen LogP contribution in [0, 0.1) is 5.92 Å². The minimum Gasteiger partial charge on any atom is -0.481 e. The number of carboxylic acid groups (broad SMARTS) is 1. The lowest BCUT2D eigenvalue weighted by Gasteiger charge is -2.40. The van der Waals surface area contributed by atoms with Crippen LogP contribution in [0.2, 0.25) is 0 Å². The van der Waals surface area contributed by atoms with Crippen LogP contribution in [-0.4, -0.2) is 76.8 Å². The van der Waals surface area contributed by atoms with Crippen LogP contribution in [0.4, 0.5) is 10.5 Å². The molecule has 1 aromatic carbocycles. The molecule has 1 N–H and O–H groups in total. The van der Waals surface area contributed by atoms with E-state index < -0.39 is 5.97 Å². The van der Waals surface area contributed by atoms with Gasteiger partial charge in [0.05, 0.1) is 12.0 Å². The number of pyridine rings is 1. The quantitative estimate of drug-likeness (QED) is 0.591. The number of anilines is 1. The summed E-state index contributed by atoms with van der Waals surface area (Å²) in [6.07, 6.45) is 6.15. The van der Waals surface area contributed by atoms with Crippen LogP contribution in [0.25, 0.3) is 0 Å². The number of amides is 1. The lowest BCUT2D eigenvalue weighted by atomic mass is 9.85. The van der Waals surface area contributed by atoms with Gasteiger partial charge in [0.25, 0.3) is 0 Å². The molecule has 8 heteroatoms. The van der Waals surface area contributed by atoms with E-state index >= 15 is 0 Å². The molecule has 0 bridgehead atoms. The predicted octanol–water partition coefficient (Wildman–Crippen LogP) is 4.71. The maximum absolute atomic E-state index is 13.4. The van der Waals surface area contributed by atoms with Gasteiger partial charge in [0.1, 0.15) is 6.10 Å². The van der Waals surface area contributed by atoms with Gasteiger partial charge in [0, 0.05) is 43.8 Å². The number of hydrogen-bond acceptors (Lipinski definition) is 6. The third-order valence-corrected chi connectivity index (χ3v) is 8.49. The lowest BCUT2D eigenvalue weighted by molar-refractivity contribution is -0.143. The Balaban J connectivity index is 1.35. The number of carbonyl (C=O) groups is 2. The molecule has 1 amide bonds. The Kier molecular flexibility index (Phi) is 7.61. The fourth-order valence-corrected chi connectivity index (χ4v) is 6.19. The molecule has 5 rings (SSSR count). The standard InChI is InChI=1S/C30H40N4O4/c1-30(2,3)23-6-4-21(5-7-23)27-26(20-32-16-10-22(11-17-32)28(35)36)38-29(37)34(27)25-12-18-33(19-13-25)24-8-14-31-15-9-24/h4-9,14-15,22,25-27H,10-13,16-20H2,1-3H3,(H,35,36). The molecule has 38 heavy (non-hydrogen) atoms. The molecule has 0 spiro atoms. The van der Waals surface area contributed by atoms with Crippen LogP contribution < -0.4 is 4.90 Å². The Bertz CT molecular complexity index is 1100. The first kappa shape index (κ1) is 26.5. The average Bonchev–Trinajstić information content (AvgIpc) is 3.24. The summed E-state index contributed by atoms with van der Waals surface area (Å²) in [4.78, 5) is 35.6. The molecule has 4 heterocycles. The number of benzene rings is 1. The second kappa shape index (κ2) is 10.9. The Morgan fingerprint density at radius 1 is 0.974 bits per heavy atom. The van der Waals surface area contributed by atoms with Gasteiger partial charge in [0.2, 0.25) is 0 Å². The summed E-state index contributed by atoms with van der Waals surface area (Å²) < 4.78 is 6.09. The van der Waals surface area contributed by atoms with Gasteiger partial charge in [-0.05, 0) is 67.4 Å². The van der Waals surface area contributed by atoms with Crippen LogP contribution in [0.15, 0.2) is 48.8 Å². The number of piperidine rings is 2. The first-order chi connectivity index (χ1) is 18.2. The zero-order valence-corrected chi connectivity index (χ0v) is 22.8. The van der Waals surface area contributed by atoms with Gasteiger partial charge in [0.15, 0.2) is 0 Å². The summed E-state index contributed by atoms with van der Waals surface area (Å²) >= 11 is 0. The fraction of sp³-hybridized carbons (Fsp3) is 0.567. The van der Waals surface area contributed by atoms with Gasteiger partial charge in [-0.25, -0.2) is 4.79 Å². The Hall–Kier alpha value is -3.13. The van der Waals surface area contributed by atoms with E-state index in [1.807, 2.05) is 29.4 Å². The molecule has 3 fully saturated rings. The highest BCUT2D eigenvalue weighted by molar-refractivity contribution is 5.72. The Morgan fingerprint density at radius 2 is 1.61 bits per heavy atom. The number of likely N-dealkylation sites (tertiary alicyclic amines) is 1. The van der Waals surface area contributed by atoms with E-state index in [4.69, 9.17) is 4.74 Å². The number of nitrogens with zero attached hydrogens (tertiary/aromatic N) is 4. The number of ether oxygens (including phenoxy) is 1. The van der Waals surface area contributed by atoms with Crippen LogP contribution in [0.1, 0.15) is 63.6 Å². The van der Waals surface area contributed by atoms with Crippen molar-refractivity contribution in [1.82, 2.24) is 14.8 Å². The average molecular weight is 521 g/mol. The van der Waals surface area contributed by atoms with Gasteiger partial charge < -0.3 is 14.7 Å². The fourth-order valence-electron chi connectivity index (χ4n) is 6.19. The van der Waals surface area contributed by atoms with Gasteiger partial charge in [-0.2, -0.15) is 0 Å². The predicted molar refractivity (Wildman–Crippen MR) is 146 cm³/mol. The van der Waals surface area contributed by atoms with Crippen LogP contribution in [0.3, 0.4) is 0 Å². The Morgan fingerprint density at radius 3 is 2.18 bits per heavy atom. The van der Waals surface area contributed by atoms with E-state index in [9.17, 15) is 14.7 Å². The summed E-state index contributed by atoms with van der Waals surface area (Å²) in [5.41, 5.74) is 3.58. The highest BCUT2D eigenvalue weighted by atomic mass is 16.6.